The number of nitrogens with one attached hydrogen (secondary N) is 1. The smallest absolute Gasteiger partial charge is 0.119 e. The van der Waals surface area contributed by atoms with Crippen molar-refractivity contribution in [2.75, 3.05) is 18.1 Å². The molecule has 24 heavy (non-hydrogen) atoms. The van der Waals surface area contributed by atoms with Crippen LogP contribution >= 0.6 is 29.0 Å². The molecule has 2 aromatic rings. The third-order valence-electron chi connectivity index (χ3n) is 3.90. The maximum atomic E-state index is 4.81. The first kappa shape index (κ1) is 17.8. The normalized spacial score (nSPS) is 14.7. The van der Waals surface area contributed by atoms with E-state index < -0.39 is 6.09 Å². The molecule has 0 radical (unpaired) electrons. The van der Waals surface area contributed by atoms with Crippen molar-refractivity contribution in [3.63, 3.8) is 0 Å². The van der Waals surface area contributed by atoms with Crippen LogP contribution in [0.25, 0.3) is 5.57 Å². The molecule has 5 heteroatoms. The highest BCUT2D eigenvalue weighted by molar-refractivity contribution is 8.61. The second-order valence-corrected chi connectivity index (χ2v) is 14.6. The summed E-state index contributed by atoms with van der Waals surface area (Å²) in [7, 11) is 0. The maximum Gasteiger partial charge on any atom is 0.119 e. The number of aromatic nitrogens is 1. The van der Waals surface area contributed by atoms with Crippen LogP contribution in [0.1, 0.15) is 35.5 Å². The zero-order valence-corrected chi connectivity index (χ0v) is 16.9. The molecule has 1 aromatic carbocycles. The number of rotatable bonds is 7. The van der Waals surface area contributed by atoms with Gasteiger partial charge in [-0.1, -0.05) is 24.5 Å². The predicted octanol–water partition coefficient (Wildman–Crippen LogP) is 6.18. The molecule has 3 rings (SSSR count). The molecule has 2 nitrogen and oxygen atoms in total. The zero-order chi connectivity index (χ0) is 17.0. The third kappa shape index (κ3) is 5.27. The summed E-state index contributed by atoms with van der Waals surface area (Å²) in [4.78, 5) is 4.81. The van der Waals surface area contributed by atoms with Crippen LogP contribution in [-0.2, 0) is 12.8 Å². The largest absolute Gasteiger partial charge is 0.326 e. The highest BCUT2D eigenvalue weighted by Gasteiger charge is 2.11. The molecule has 0 fully saturated rings. The fraction of sp³-hybridized carbons (Fsp3) is 0.368. The van der Waals surface area contributed by atoms with Gasteiger partial charge in [0.25, 0.3) is 0 Å². The molecule has 0 amide bonds. The summed E-state index contributed by atoms with van der Waals surface area (Å²) in [5, 5.41) is 3.46. The summed E-state index contributed by atoms with van der Waals surface area (Å²) < 4.78 is 3.41. The Balaban J connectivity index is 1.52. The summed E-state index contributed by atoms with van der Waals surface area (Å²) in [5.74, 6) is 0. The van der Waals surface area contributed by atoms with E-state index in [1.165, 1.54) is 41.1 Å². The van der Waals surface area contributed by atoms with Gasteiger partial charge in [0.15, 0.2) is 0 Å². The van der Waals surface area contributed by atoms with Crippen LogP contribution in [0.5, 0.6) is 0 Å². The average Bonchev–Trinajstić information content (AvgIpc) is 3.22. The van der Waals surface area contributed by atoms with E-state index in [2.05, 4.69) is 60.1 Å². The molecule has 0 aliphatic heterocycles. The second-order valence-electron chi connectivity index (χ2n) is 6.73. The van der Waals surface area contributed by atoms with Gasteiger partial charge in [-0.05, 0) is 86.4 Å². The Morgan fingerprint density at radius 1 is 1.25 bits per heavy atom. The van der Waals surface area contributed by atoms with Crippen LogP contribution < -0.4 is 4.72 Å². The number of benzene rings is 1. The van der Waals surface area contributed by atoms with Crippen molar-refractivity contribution in [1.82, 2.24) is 4.98 Å². The minimum atomic E-state index is -1.11. The van der Waals surface area contributed by atoms with E-state index in [1.807, 2.05) is 0 Å². The molecular formula is C19H25N2PS2. The molecule has 1 heterocycles. The SMILES string of the molecule is C=P(C)(C)SNc1ccc(CCc2csc(C3=CCCC3)n2)cc1. The Bertz CT molecular complexity index is 756. The number of thiazole rings is 1. The Morgan fingerprint density at radius 2 is 2.04 bits per heavy atom. The lowest BCUT2D eigenvalue weighted by molar-refractivity contribution is 0.916. The highest BCUT2D eigenvalue weighted by atomic mass is 32.7. The van der Waals surface area contributed by atoms with Gasteiger partial charge in [0, 0.05) is 11.1 Å². The first-order valence-corrected chi connectivity index (χ1v) is 13.5. The standard InChI is InChI=1S/C19H25N2PS2/c1-22(2,3)24-21-17-11-8-15(9-12-17)10-13-18-14-23-19(20-18)16-6-4-5-7-16/h6,8-9,11-12,14,21H,1,4-5,7,10,13H2,2-3H3. The van der Waals surface area contributed by atoms with E-state index in [9.17, 15) is 0 Å². The third-order valence-corrected chi connectivity index (χ3v) is 7.45. The first-order chi connectivity index (χ1) is 11.5. The second kappa shape index (κ2) is 7.95. The number of hydrogen-bond donors (Lipinski definition) is 1. The zero-order valence-electron chi connectivity index (χ0n) is 14.4. The minimum Gasteiger partial charge on any atom is -0.326 e. The van der Waals surface area contributed by atoms with Gasteiger partial charge in [0.2, 0.25) is 0 Å². The summed E-state index contributed by atoms with van der Waals surface area (Å²) >= 11 is 3.55. The summed E-state index contributed by atoms with van der Waals surface area (Å²) in [6.07, 6.45) is 11.2. The molecule has 0 bridgehead atoms. The molecule has 1 aliphatic rings. The Kier molecular flexibility index (Phi) is 5.91. The molecule has 0 spiro atoms. The van der Waals surface area contributed by atoms with Gasteiger partial charge in [-0.2, -0.15) is 0 Å². The van der Waals surface area contributed by atoms with Gasteiger partial charge < -0.3 is 4.72 Å². The van der Waals surface area contributed by atoms with Gasteiger partial charge in [0.05, 0.1) is 5.69 Å². The van der Waals surface area contributed by atoms with Crippen LogP contribution in [-0.4, -0.2) is 24.6 Å². The van der Waals surface area contributed by atoms with Crippen molar-refractivity contribution in [1.29, 1.82) is 0 Å². The summed E-state index contributed by atoms with van der Waals surface area (Å²) in [6.45, 7) is 4.42. The number of nitrogens with zero attached hydrogens (tertiary/aromatic N) is 1. The lowest BCUT2D eigenvalue weighted by Crippen LogP contribution is -1.93. The molecule has 0 saturated carbocycles. The summed E-state index contributed by atoms with van der Waals surface area (Å²) in [6, 6.07) is 8.75. The van der Waals surface area contributed by atoms with Gasteiger partial charge in [0.1, 0.15) is 5.01 Å². The topological polar surface area (TPSA) is 24.9 Å². The van der Waals surface area contributed by atoms with Gasteiger partial charge in [-0.3, -0.25) is 0 Å². The molecular weight excluding hydrogens is 351 g/mol. The van der Waals surface area contributed by atoms with Crippen molar-refractivity contribution in [2.45, 2.75) is 32.1 Å². The summed E-state index contributed by atoms with van der Waals surface area (Å²) in [5.41, 5.74) is 5.20. The Labute approximate surface area is 153 Å². The van der Waals surface area contributed by atoms with Gasteiger partial charge in [-0.15, -0.1) is 11.3 Å². The van der Waals surface area contributed by atoms with E-state index in [1.54, 1.807) is 22.9 Å². The van der Waals surface area contributed by atoms with E-state index in [0.29, 0.717) is 0 Å². The van der Waals surface area contributed by atoms with Gasteiger partial charge >= 0.3 is 0 Å². The molecule has 0 saturated heterocycles. The van der Waals surface area contributed by atoms with E-state index >= 15 is 0 Å². The fourth-order valence-corrected chi connectivity index (χ4v) is 5.09. The number of aryl methyl sites for hydroxylation is 2. The quantitative estimate of drug-likeness (QED) is 0.461. The fourth-order valence-electron chi connectivity index (χ4n) is 2.62. The molecule has 1 aromatic heterocycles. The predicted molar refractivity (Wildman–Crippen MR) is 115 cm³/mol. The minimum absolute atomic E-state index is 1.02. The van der Waals surface area contributed by atoms with Crippen molar-refractivity contribution >= 4 is 46.6 Å². The lowest BCUT2D eigenvalue weighted by Gasteiger charge is -2.13. The van der Waals surface area contributed by atoms with Crippen molar-refractivity contribution in [2.24, 2.45) is 0 Å². The Morgan fingerprint density at radius 3 is 2.71 bits per heavy atom. The Hall–Kier alpha value is -0.960. The number of allylic oxidation sites excluding steroid dienone is 2. The molecule has 1 aliphatic carbocycles. The molecule has 0 unspecified atom stereocenters. The van der Waals surface area contributed by atoms with Gasteiger partial charge in [-0.25, -0.2) is 4.98 Å². The number of hydrogen-bond acceptors (Lipinski definition) is 4. The van der Waals surface area contributed by atoms with Crippen molar-refractivity contribution in [3.8, 4) is 0 Å². The van der Waals surface area contributed by atoms with Crippen LogP contribution in [0.2, 0.25) is 0 Å². The van der Waals surface area contributed by atoms with Crippen LogP contribution in [0.4, 0.5) is 5.69 Å². The van der Waals surface area contributed by atoms with E-state index in [0.717, 1.165) is 18.5 Å². The van der Waals surface area contributed by atoms with E-state index in [4.69, 9.17) is 4.98 Å². The van der Waals surface area contributed by atoms with Crippen molar-refractivity contribution < 1.29 is 0 Å². The molecule has 1 N–H and O–H groups in total. The monoisotopic (exact) mass is 376 g/mol. The van der Waals surface area contributed by atoms with Crippen LogP contribution in [0.15, 0.2) is 35.7 Å². The highest BCUT2D eigenvalue weighted by Crippen LogP contribution is 2.50. The maximum absolute atomic E-state index is 4.81. The number of anilines is 1. The molecule has 0 atom stereocenters. The van der Waals surface area contributed by atoms with Crippen LogP contribution in [0.3, 0.4) is 0 Å². The van der Waals surface area contributed by atoms with E-state index in [-0.39, 0.29) is 0 Å². The van der Waals surface area contributed by atoms with Crippen LogP contribution in [0, 0.1) is 0 Å². The first-order valence-electron chi connectivity index (χ1n) is 8.35. The molecule has 128 valence electrons. The average molecular weight is 377 g/mol. The lowest BCUT2D eigenvalue weighted by atomic mass is 10.1. The van der Waals surface area contributed by atoms with Crippen molar-refractivity contribution in [3.05, 3.63) is 52.0 Å².